The molecule has 6 heteroatoms. The molecule has 16 heavy (non-hydrogen) atoms. The zero-order valence-corrected chi connectivity index (χ0v) is 9.82. The van der Waals surface area contributed by atoms with Gasteiger partial charge in [0, 0.05) is 22.4 Å². The van der Waals surface area contributed by atoms with Crippen molar-refractivity contribution in [3.05, 3.63) is 34.8 Å². The number of nitrogens with one attached hydrogen (secondary N) is 1. The molecule has 0 aliphatic rings. The van der Waals surface area contributed by atoms with Crippen LogP contribution >= 0.6 is 15.9 Å². The summed E-state index contributed by atoms with van der Waals surface area (Å²) in [6, 6.07) is 3.61. The molecule has 0 spiro atoms. The van der Waals surface area contributed by atoms with Gasteiger partial charge in [-0.15, -0.1) is 0 Å². The summed E-state index contributed by atoms with van der Waals surface area (Å²) < 4.78 is 38.4. The molecule has 0 radical (unpaired) electrons. The fourth-order valence-electron chi connectivity index (χ4n) is 1.14. The van der Waals surface area contributed by atoms with Crippen molar-refractivity contribution in [3.63, 3.8) is 0 Å². The van der Waals surface area contributed by atoms with E-state index < -0.39 is 11.7 Å². The van der Waals surface area contributed by atoms with E-state index in [9.17, 15) is 13.2 Å². The first-order valence-electron chi connectivity index (χ1n) is 4.34. The van der Waals surface area contributed by atoms with Crippen molar-refractivity contribution in [2.45, 2.75) is 6.18 Å². The van der Waals surface area contributed by atoms with E-state index in [-0.39, 0.29) is 17.9 Å². The third-order valence-electron chi connectivity index (χ3n) is 1.82. The van der Waals surface area contributed by atoms with Gasteiger partial charge in [-0.1, -0.05) is 22.5 Å². The van der Waals surface area contributed by atoms with Crippen LogP contribution in [0, 0.1) is 0 Å². The van der Waals surface area contributed by atoms with Crippen LogP contribution in [0.15, 0.2) is 29.3 Å². The van der Waals surface area contributed by atoms with Crippen LogP contribution in [0.4, 0.5) is 24.5 Å². The standard InChI is InChI=1S/C10H10BrF3N2/c1-6(11)5-16-9-3-2-7(15)4-8(9)10(12,13)14/h2-4,16H,1,5,15H2. The number of hydrogen-bond donors (Lipinski definition) is 2. The molecular weight excluding hydrogens is 285 g/mol. The second kappa shape index (κ2) is 4.78. The van der Waals surface area contributed by atoms with Gasteiger partial charge in [-0.25, -0.2) is 0 Å². The van der Waals surface area contributed by atoms with Crippen molar-refractivity contribution in [1.29, 1.82) is 0 Å². The Hall–Kier alpha value is -1.17. The summed E-state index contributed by atoms with van der Waals surface area (Å²) in [5, 5.41) is 2.62. The van der Waals surface area contributed by atoms with Crippen LogP contribution in [-0.2, 0) is 6.18 Å². The summed E-state index contributed by atoms with van der Waals surface area (Å²) in [5.74, 6) is 0. The average molecular weight is 295 g/mol. The molecule has 0 heterocycles. The molecule has 88 valence electrons. The topological polar surface area (TPSA) is 38.0 Å². The van der Waals surface area contributed by atoms with Crippen LogP contribution in [0.25, 0.3) is 0 Å². The molecule has 0 saturated heterocycles. The maximum atomic E-state index is 12.6. The van der Waals surface area contributed by atoms with Crippen LogP contribution in [0.1, 0.15) is 5.56 Å². The van der Waals surface area contributed by atoms with Gasteiger partial charge in [0.25, 0.3) is 0 Å². The second-order valence-corrected chi connectivity index (χ2v) is 4.30. The average Bonchev–Trinajstić information content (AvgIpc) is 2.14. The molecule has 3 N–H and O–H groups in total. The zero-order valence-electron chi connectivity index (χ0n) is 8.24. The third-order valence-corrected chi connectivity index (χ3v) is 2.10. The van der Waals surface area contributed by atoms with Gasteiger partial charge in [0.1, 0.15) is 0 Å². The Kier molecular flexibility index (Phi) is 3.85. The van der Waals surface area contributed by atoms with E-state index in [1.807, 2.05) is 0 Å². The molecule has 0 aliphatic carbocycles. The summed E-state index contributed by atoms with van der Waals surface area (Å²) in [5.41, 5.74) is 4.62. The largest absolute Gasteiger partial charge is 0.418 e. The summed E-state index contributed by atoms with van der Waals surface area (Å²) in [6.45, 7) is 3.74. The number of rotatable bonds is 3. The molecule has 0 bridgehead atoms. The van der Waals surface area contributed by atoms with Gasteiger partial charge in [-0.3, -0.25) is 0 Å². The quantitative estimate of drug-likeness (QED) is 0.836. The van der Waals surface area contributed by atoms with Crippen molar-refractivity contribution >= 4 is 27.3 Å². The van der Waals surface area contributed by atoms with Gasteiger partial charge in [-0.2, -0.15) is 13.2 Å². The minimum atomic E-state index is -4.43. The van der Waals surface area contributed by atoms with Crippen molar-refractivity contribution in [1.82, 2.24) is 0 Å². The zero-order chi connectivity index (χ0) is 12.3. The molecule has 0 atom stereocenters. The molecule has 0 aromatic heterocycles. The number of anilines is 2. The molecule has 0 amide bonds. The number of benzene rings is 1. The lowest BCUT2D eigenvalue weighted by Crippen LogP contribution is -2.12. The van der Waals surface area contributed by atoms with Gasteiger partial charge in [0.2, 0.25) is 0 Å². The minimum absolute atomic E-state index is 0.0118. The molecule has 0 saturated carbocycles. The van der Waals surface area contributed by atoms with Crippen LogP contribution in [0.2, 0.25) is 0 Å². The molecule has 0 aliphatic heterocycles. The predicted octanol–water partition coefficient (Wildman–Crippen LogP) is 3.61. The molecule has 1 aromatic carbocycles. The lowest BCUT2D eigenvalue weighted by atomic mass is 10.1. The number of nitrogens with two attached hydrogens (primary N) is 1. The highest BCUT2D eigenvalue weighted by molar-refractivity contribution is 9.11. The summed E-state index contributed by atoms with van der Waals surface area (Å²) >= 11 is 3.06. The Morgan fingerprint density at radius 3 is 2.56 bits per heavy atom. The monoisotopic (exact) mass is 294 g/mol. The molecule has 1 aromatic rings. The Morgan fingerprint density at radius 1 is 1.44 bits per heavy atom. The molecule has 1 rings (SSSR count). The van der Waals surface area contributed by atoms with Gasteiger partial charge in [-0.05, 0) is 18.2 Å². The molecule has 0 fully saturated rings. The van der Waals surface area contributed by atoms with Crippen molar-refractivity contribution in [2.75, 3.05) is 17.6 Å². The number of alkyl halides is 3. The van der Waals surface area contributed by atoms with Gasteiger partial charge < -0.3 is 11.1 Å². The maximum absolute atomic E-state index is 12.6. The van der Waals surface area contributed by atoms with Crippen molar-refractivity contribution < 1.29 is 13.2 Å². The summed E-state index contributed by atoms with van der Waals surface area (Å²) in [7, 11) is 0. The lowest BCUT2D eigenvalue weighted by Gasteiger charge is -2.14. The van der Waals surface area contributed by atoms with Crippen LogP contribution < -0.4 is 11.1 Å². The Bertz CT molecular complexity index is 402. The van der Waals surface area contributed by atoms with Gasteiger partial charge >= 0.3 is 6.18 Å². The third kappa shape index (κ3) is 3.44. The summed E-state index contributed by atoms with van der Waals surface area (Å²) in [6.07, 6.45) is -4.43. The maximum Gasteiger partial charge on any atom is 0.418 e. The smallest absolute Gasteiger partial charge is 0.399 e. The fraction of sp³-hybridized carbons (Fsp3) is 0.200. The molecule has 2 nitrogen and oxygen atoms in total. The van der Waals surface area contributed by atoms with Crippen LogP contribution in [0.5, 0.6) is 0 Å². The molecular formula is C10H10BrF3N2. The predicted molar refractivity (Wildman–Crippen MR) is 62.4 cm³/mol. The highest BCUT2D eigenvalue weighted by Crippen LogP contribution is 2.36. The normalized spacial score (nSPS) is 11.2. The summed E-state index contributed by atoms with van der Waals surface area (Å²) in [4.78, 5) is 0. The first-order valence-corrected chi connectivity index (χ1v) is 5.14. The first kappa shape index (κ1) is 12.9. The number of hydrogen-bond acceptors (Lipinski definition) is 2. The van der Waals surface area contributed by atoms with Crippen LogP contribution in [-0.4, -0.2) is 6.54 Å². The Labute approximate surface area is 99.5 Å². The SMILES string of the molecule is C=C(Br)CNc1ccc(N)cc1C(F)(F)F. The number of halogens is 4. The van der Waals surface area contributed by atoms with Gasteiger partial charge in [0.05, 0.1) is 5.56 Å². The Balaban J connectivity index is 3.03. The number of nitrogen functional groups attached to an aromatic ring is 1. The van der Waals surface area contributed by atoms with E-state index >= 15 is 0 Å². The highest BCUT2D eigenvalue weighted by Gasteiger charge is 2.33. The van der Waals surface area contributed by atoms with E-state index in [1.54, 1.807) is 0 Å². The fourth-order valence-corrected chi connectivity index (χ4v) is 1.28. The second-order valence-electron chi connectivity index (χ2n) is 3.17. The Morgan fingerprint density at radius 2 is 2.06 bits per heavy atom. The van der Waals surface area contributed by atoms with Crippen molar-refractivity contribution in [2.24, 2.45) is 0 Å². The minimum Gasteiger partial charge on any atom is -0.399 e. The van der Waals surface area contributed by atoms with E-state index in [1.165, 1.54) is 12.1 Å². The van der Waals surface area contributed by atoms with Crippen LogP contribution in [0.3, 0.4) is 0 Å². The first-order chi connectivity index (χ1) is 7.30. The van der Waals surface area contributed by atoms with E-state index in [0.29, 0.717) is 4.48 Å². The van der Waals surface area contributed by atoms with Gasteiger partial charge in [0.15, 0.2) is 0 Å². The highest BCUT2D eigenvalue weighted by atomic mass is 79.9. The van der Waals surface area contributed by atoms with E-state index in [0.717, 1.165) is 6.07 Å². The van der Waals surface area contributed by atoms with Crippen molar-refractivity contribution in [3.8, 4) is 0 Å². The van der Waals surface area contributed by atoms with E-state index in [2.05, 4.69) is 27.8 Å². The molecule has 0 unspecified atom stereocenters. The van der Waals surface area contributed by atoms with E-state index in [4.69, 9.17) is 5.73 Å². The lowest BCUT2D eigenvalue weighted by molar-refractivity contribution is -0.136.